The Morgan fingerprint density at radius 1 is 1.61 bits per heavy atom. The molecule has 1 heterocycles. The van der Waals surface area contributed by atoms with E-state index in [1.807, 2.05) is 17.8 Å². The molecule has 1 fully saturated rings. The van der Waals surface area contributed by atoms with Gasteiger partial charge in [0, 0.05) is 15.3 Å². The van der Waals surface area contributed by atoms with Crippen molar-refractivity contribution in [3.05, 3.63) is 34.1 Å². The van der Waals surface area contributed by atoms with Crippen molar-refractivity contribution in [2.45, 2.75) is 37.0 Å². The van der Waals surface area contributed by atoms with Gasteiger partial charge >= 0.3 is 0 Å². The molecule has 1 aromatic rings. The summed E-state index contributed by atoms with van der Waals surface area (Å²) in [5, 5.41) is 0. The molecule has 2 nitrogen and oxygen atoms in total. The van der Waals surface area contributed by atoms with E-state index in [4.69, 9.17) is 5.84 Å². The number of hydrazine groups is 1. The molecule has 0 spiro atoms. The van der Waals surface area contributed by atoms with Gasteiger partial charge in [-0.2, -0.15) is 11.8 Å². The maximum absolute atomic E-state index is 13.8. The Hall–Kier alpha value is -0.100. The molecule has 18 heavy (non-hydrogen) atoms. The summed E-state index contributed by atoms with van der Waals surface area (Å²) < 4.78 is 14.8. The van der Waals surface area contributed by atoms with E-state index >= 15 is 0 Å². The van der Waals surface area contributed by atoms with Crippen LogP contribution in [0.3, 0.4) is 0 Å². The van der Waals surface area contributed by atoms with Crippen molar-refractivity contribution in [1.82, 2.24) is 5.43 Å². The van der Waals surface area contributed by atoms with Gasteiger partial charge in [0.15, 0.2) is 0 Å². The molecule has 2 atom stereocenters. The highest BCUT2D eigenvalue weighted by molar-refractivity contribution is 9.10. The Morgan fingerprint density at radius 2 is 2.39 bits per heavy atom. The number of hydrogen-bond acceptors (Lipinski definition) is 3. The summed E-state index contributed by atoms with van der Waals surface area (Å²) in [6, 6.07) is 5.14. The van der Waals surface area contributed by atoms with Crippen molar-refractivity contribution in [2.75, 3.05) is 5.75 Å². The number of thioether (sulfide) groups is 1. The number of hydrogen-bond donors (Lipinski definition) is 2. The SMILES string of the molecule is CC1(C(Cc2cc(Br)ccc2F)NN)CCCS1. The highest BCUT2D eigenvalue weighted by atomic mass is 79.9. The van der Waals surface area contributed by atoms with Crippen LogP contribution in [-0.4, -0.2) is 16.5 Å². The van der Waals surface area contributed by atoms with E-state index in [0.717, 1.165) is 16.6 Å². The quantitative estimate of drug-likeness (QED) is 0.656. The van der Waals surface area contributed by atoms with Gasteiger partial charge in [-0.15, -0.1) is 0 Å². The molecular weight excluding hydrogens is 315 g/mol. The molecule has 0 amide bonds. The van der Waals surface area contributed by atoms with Crippen molar-refractivity contribution in [2.24, 2.45) is 5.84 Å². The van der Waals surface area contributed by atoms with Crippen molar-refractivity contribution in [3.8, 4) is 0 Å². The van der Waals surface area contributed by atoms with Crippen LogP contribution in [0.4, 0.5) is 4.39 Å². The van der Waals surface area contributed by atoms with E-state index in [1.54, 1.807) is 6.07 Å². The summed E-state index contributed by atoms with van der Waals surface area (Å²) in [6.45, 7) is 2.21. The maximum Gasteiger partial charge on any atom is 0.126 e. The Bertz CT molecular complexity index is 421. The van der Waals surface area contributed by atoms with Crippen LogP contribution in [0.1, 0.15) is 25.3 Å². The van der Waals surface area contributed by atoms with Crippen molar-refractivity contribution < 1.29 is 4.39 Å². The van der Waals surface area contributed by atoms with Crippen molar-refractivity contribution in [1.29, 1.82) is 0 Å². The van der Waals surface area contributed by atoms with E-state index in [2.05, 4.69) is 28.3 Å². The smallest absolute Gasteiger partial charge is 0.126 e. The van der Waals surface area contributed by atoms with Gasteiger partial charge in [-0.3, -0.25) is 11.3 Å². The monoisotopic (exact) mass is 332 g/mol. The van der Waals surface area contributed by atoms with Gasteiger partial charge in [-0.05, 0) is 55.7 Å². The van der Waals surface area contributed by atoms with Crippen LogP contribution in [-0.2, 0) is 6.42 Å². The molecule has 2 rings (SSSR count). The normalized spacial score (nSPS) is 25.3. The Kier molecular flexibility index (Phi) is 4.69. The third kappa shape index (κ3) is 3.07. The summed E-state index contributed by atoms with van der Waals surface area (Å²) in [5.74, 6) is 6.68. The van der Waals surface area contributed by atoms with Gasteiger partial charge in [0.1, 0.15) is 5.82 Å². The average Bonchev–Trinajstić information content (AvgIpc) is 2.78. The molecule has 1 aliphatic heterocycles. The van der Waals surface area contributed by atoms with Crippen LogP contribution < -0.4 is 11.3 Å². The summed E-state index contributed by atoms with van der Waals surface area (Å²) in [4.78, 5) is 0. The zero-order chi connectivity index (χ0) is 13.2. The zero-order valence-electron chi connectivity index (χ0n) is 10.4. The number of halogens is 2. The highest BCUT2D eigenvalue weighted by Gasteiger charge is 2.37. The predicted octanol–water partition coefficient (Wildman–Crippen LogP) is 3.25. The van der Waals surface area contributed by atoms with Crippen LogP contribution in [0, 0.1) is 5.82 Å². The summed E-state index contributed by atoms with van der Waals surface area (Å²) >= 11 is 5.31. The number of rotatable bonds is 4. The molecule has 1 aliphatic rings. The fourth-order valence-electron chi connectivity index (χ4n) is 2.45. The van der Waals surface area contributed by atoms with E-state index in [1.165, 1.54) is 12.5 Å². The van der Waals surface area contributed by atoms with Crippen LogP contribution >= 0.6 is 27.7 Å². The molecule has 3 N–H and O–H groups in total. The van der Waals surface area contributed by atoms with Gasteiger partial charge in [0.2, 0.25) is 0 Å². The molecule has 0 aromatic heterocycles. The highest BCUT2D eigenvalue weighted by Crippen LogP contribution is 2.41. The second-order valence-electron chi connectivity index (χ2n) is 4.92. The minimum absolute atomic E-state index is 0.0915. The lowest BCUT2D eigenvalue weighted by molar-refractivity contribution is 0.400. The van der Waals surface area contributed by atoms with Gasteiger partial charge < -0.3 is 0 Å². The molecule has 0 aliphatic carbocycles. The van der Waals surface area contributed by atoms with E-state index in [0.29, 0.717) is 12.0 Å². The van der Waals surface area contributed by atoms with Crippen LogP contribution in [0.2, 0.25) is 0 Å². The molecule has 100 valence electrons. The van der Waals surface area contributed by atoms with Crippen LogP contribution in [0.5, 0.6) is 0 Å². The van der Waals surface area contributed by atoms with Crippen LogP contribution in [0.15, 0.2) is 22.7 Å². The number of nitrogens with two attached hydrogens (primary N) is 1. The lowest BCUT2D eigenvalue weighted by atomic mass is 9.91. The van der Waals surface area contributed by atoms with Crippen LogP contribution in [0.25, 0.3) is 0 Å². The molecule has 5 heteroatoms. The Morgan fingerprint density at radius 3 is 3.00 bits per heavy atom. The third-order valence-electron chi connectivity index (χ3n) is 3.62. The van der Waals surface area contributed by atoms with Gasteiger partial charge in [0.25, 0.3) is 0 Å². The average molecular weight is 333 g/mol. The summed E-state index contributed by atoms with van der Waals surface area (Å²) in [7, 11) is 0. The molecule has 2 unspecified atom stereocenters. The first kappa shape index (κ1) is 14.3. The summed E-state index contributed by atoms with van der Waals surface area (Å²) in [6.07, 6.45) is 2.95. The fraction of sp³-hybridized carbons (Fsp3) is 0.538. The molecule has 0 radical (unpaired) electrons. The zero-order valence-corrected chi connectivity index (χ0v) is 12.8. The molecule has 0 bridgehead atoms. The molecule has 1 aromatic carbocycles. The maximum atomic E-state index is 13.8. The number of benzene rings is 1. The minimum Gasteiger partial charge on any atom is -0.271 e. The topological polar surface area (TPSA) is 38.0 Å². The van der Waals surface area contributed by atoms with Crippen molar-refractivity contribution >= 4 is 27.7 Å². The van der Waals surface area contributed by atoms with Gasteiger partial charge in [-0.25, -0.2) is 4.39 Å². The lowest BCUT2D eigenvalue weighted by Gasteiger charge is -2.33. The largest absolute Gasteiger partial charge is 0.271 e. The van der Waals surface area contributed by atoms with E-state index in [-0.39, 0.29) is 16.6 Å². The van der Waals surface area contributed by atoms with Crippen molar-refractivity contribution in [3.63, 3.8) is 0 Å². The Labute approximate surface area is 120 Å². The van der Waals surface area contributed by atoms with E-state index in [9.17, 15) is 4.39 Å². The molecule has 1 saturated heterocycles. The second-order valence-corrected chi connectivity index (χ2v) is 7.47. The van der Waals surface area contributed by atoms with Gasteiger partial charge in [0.05, 0.1) is 0 Å². The first-order valence-corrected chi connectivity index (χ1v) is 7.87. The standard InChI is InChI=1S/C13H18BrFN2S/c1-13(5-2-6-18-13)12(17-16)8-9-7-10(14)3-4-11(9)15/h3-4,7,12,17H,2,5-6,8,16H2,1H3. The first-order chi connectivity index (χ1) is 8.55. The number of nitrogens with one attached hydrogen (secondary N) is 1. The molecular formula is C13H18BrFN2S. The third-order valence-corrected chi connectivity index (χ3v) is 5.75. The van der Waals surface area contributed by atoms with Gasteiger partial charge in [-0.1, -0.05) is 15.9 Å². The first-order valence-electron chi connectivity index (χ1n) is 6.09. The minimum atomic E-state index is -0.162. The fourth-order valence-corrected chi connectivity index (χ4v) is 4.25. The van der Waals surface area contributed by atoms with E-state index < -0.39 is 0 Å². The second kappa shape index (κ2) is 5.90. The predicted molar refractivity (Wildman–Crippen MR) is 79.0 cm³/mol. The Balaban J connectivity index is 2.17. The summed E-state index contributed by atoms with van der Waals surface area (Å²) in [5.41, 5.74) is 3.59. The molecule has 0 saturated carbocycles. The lowest BCUT2D eigenvalue weighted by Crippen LogP contribution is -2.50.